The van der Waals surface area contributed by atoms with Gasteiger partial charge >= 0.3 is 6.03 Å². The lowest BCUT2D eigenvalue weighted by Gasteiger charge is -2.32. The summed E-state index contributed by atoms with van der Waals surface area (Å²) in [6.45, 7) is 2.74. The molecule has 6 nitrogen and oxygen atoms in total. The van der Waals surface area contributed by atoms with Crippen LogP contribution in [0.25, 0.3) is 0 Å². The second-order valence-electron chi connectivity index (χ2n) is 7.52. The van der Waals surface area contributed by atoms with Crippen molar-refractivity contribution in [3.05, 3.63) is 59.8 Å². The Morgan fingerprint density at radius 2 is 1.87 bits per heavy atom. The Bertz CT molecular complexity index is 823. The van der Waals surface area contributed by atoms with E-state index in [-0.39, 0.29) is 11.9 Å². The number of nitrogens with one attached hydrogen (secondary N) is 2. The SMILES string of the molecule is CSc1ncccc1C(=O)N1CCC(CNC(=O)NCCCc2ccccc2)CC1. The van der Waals surface area contributed by atoms with Crippen LogP contribution in [0, 0.1) is 5.92 Å². The number of thioether (sulfide) groups is 1. The maximum atomic E-state index is 12.8. The van der Waals surface area contributed by atoms with Gasteiger partial charge in [-0.15, -0.1) is 11.8 Å². The number of pyridine rings is 1. The first-order valence-corrected chi connectivity index (χ1v) is 11.7. The van der Waals surface area contributed by atoms with E-state index in [4.69, 9.17) is 0 Å². The molecule has 7 heteroatoms. The fourth-order valence-corrected chi connectivity index (χ4v) is 4.21. The van der Waals surface area contributed by atoms with Crippen LogP contribution in [-0.2, 0) is 6.42 Å². The van der Waals surface area contributed by atoms with Crippen LogP contribution in [0.4, 0.5) is 4.79 Å². The standard InChI is InChI=1S/C23H30N4O2S/c1-30-21-20(10-6-13-24-21)22(28)27-15-11-19(12-16-27)17-26-23(29)25-14-5-9-18-7-3-2-4-8-18/h2-4,6-8,10,13,19H,5,9,11-12,14-17H2,1H3,(H2,25,26,29). The van der Waals surface area contributed by atoms with Crippen LogP contribution in [0.2, 0.25) is 0 Å². The van der Waals surface area contributed by atoms with Gasteiger partial charge in [-0.1, -0.05) is 30.3 Å². The van der Waals surface area contributed by atoms with Crippen molar-refractivity contribution in [2.24, 2.45) is 5.92 Å². The number of hydrogen-bond donors (Lipinski definition) is 2. The third kappa shape index (κ3) is 6.49. The number of carbonyl (C=O) groups excluding carboxylic acids is 2. The van der Waals surface area contributed by atoms with Gasteiger partial charge in [0.15, 0.2) is 0 Å². The Kier molecular flexibility index (Phi) is 8.56. The molecule has 1 aromatic carbocycles. The largest absolute Gasteiger partial charge is 0.339 e. The van der Waals surface area contributed by atoms with Crippen molar-refractivity contribution in [2.45, 2.75) is 30.7 Å². The maximum Gasteiger partial charge on any atom is 0.314 e. The molecule has 2 aromatic rings. The van der Waals surface area contributed by atoms with Gasteiger partial charge in [-0.05, 0) is 55.6 Å². The van der Waals surface area contributed by atoms with Gasteiger partial charge < -0.3 is 15.5 Å². The van der Waals surface area contributed by atoms with Crippen LogP contribution in [0.3, 0.4) is 0 Å². The predicted octanol–water partition coefficient (Wildman–Crippen LogP) is 3.59. The minimum atomic E-state index is -0.110. The van der Waals surface area contributed by atoms with Gasteiger partial charge in [0.2, 0.25) is 0 Å². The van der Waals surface area contributed by atoms with Crippen molar-refractivity contribution in [2.75, 3.05) is 32.4 Å². The van der Waals surface area contributed by atoms with Gasteiger partial charge in [-0.25, -0.2) is 9.78 Å². The first kappa shape index (κ1) is 22.2. The van der Waals surface area contributed by atoms with Crippen molar-refractivity contribution >= 4 is 23.7 Å². The lowest BCUT2D eigenvalue weighted by atomic mass is 9.96. The van der Waals surface area contributed by atoms with Crippen molar-refractivity contribution < 1.29 is 9.59 Å². The molecule has 30 heavy (non-hydrogen) atoms. The van der Waals surface area contributed by atoms with Gasteiger partial charge in [-0.2, -0.15) is 0 Å². The summed E-state index contributed by atoms with van der Waals surface area (Å²) >= 11 is 1.49. The van der Waals surface area contributed by atoms with E-state index in [2.05, 4.69) is 27.8 Å². The fourth-order valence-electron chi connectivity index (χ4n) is 3.67. The highest BCUT2D eigenvalue weighted by Crippen LogP contribution is 2.22. The van der Waals surface area contributed by atoms with Crippen molar-refractivity contribution in [1.29, 1.82) is 0 Å². The summed E-state index contributed by atoms with van der Waals surface area (Å²) in [7, 11) is 0. The number of likely N-dealkylation sites (tertiary alicyclic amines) is 1. The molecule has 1 fully saturated rings. The molecule has 0 bridgehead atoms. The second kappa shape index (κ2) is 11.6. The first-order valence-electron chi connectivity index (χ1n) is 10.5. The normalized spacial score (nSPS) is 14.4. The highest BCUT2D eigenvalue weighted by atomic mass is 32.2. The molecule has 3 rings (SSSR count). The summed E-state index contributed by atoms with van der Waals surface area (Å²) in [6.07, 6.45) is 7.33. The number of rotatable bonds is 8. The van der Waals surface area contributed by atoms with Gasteiger partial charge in [-0.3, -0.25) is 4.79 Å². The van der Waals surface area contributed by atoms with Crippen molar-refractivity contribution in [3.8, 4) is 0 Å². The van der Waals surface area contributed by atoms with Crippen molar-refractivity contribution in [3.63, 3.8) is 0 Å². The summed E-state index contributed by atoms with van der Waals surface area (Å²) in [6, 6.07) is 13.8. The number of carbonyl (C=O) groups is 2. The molecule has 2 heterocycles. The zero-order valence-electron chi connectivity index (χ0n) is 17.5. The van der Waals surface area contributed by atoms with E-state index in [0.29, 0.717) is 37.7 Å². The minimum absolute atomic E-state index is 0.0509. The molecule has 0 atom stereocenters. The topological polar surface area (TPSA) is 74.3 Å². The van der Waals surface area contributed by atoms with Gasteiger partial charge in [0.05, 0.1) is 5.56 Å². The smallest absolute Gasteiger partial charge is 0.314 e. The fraction of sp³-hybridized carbons (Fsp3) is 0.435. The molecule has 3 amide bonds. The average Bonchev–Trinajstić information content (AvgIpc) is 2.81. The van der Waals surface area contributed by atoms with E-state index in [0.717, 1.165) is 30.7 Å². The molecule has 0 aliphatic carbocycles. The summed E-state index contributed by atoms with van der Waals surface area (Å²) in [5.41, 5.74) is 1.97. The van der Waals surface area contributed by atoms with Gasteiger partial charge in [0, 0.05) is 32.4 Å². The van der Waals surface area contributed by atoms with Crippen LogP contribution >= 0.6 is 11.8 Å². The molecule has 160 valence electrons. The van der Waals surface area contributed by atoms with E-state index in [1.165, 1.54) is 17.3 Å². The Labute approximate surface area is 182 Å². The summed E-state index contributed by atoms with van der Waals surface area (Å²) in [5, 5.41) is 6.68. The maximum absolute atomic E-state index is 12.8. The van der Waals surface area contributed by atoms with E-state index < -0.39 is 0 Å². The zero-order chi connectivity index (χ0) is 21.2. The molecule has 0 spiro atoms. The average molecular weight is 427 g/mol. The van der Waals surface area contributed by atoms with Crippen molar-refractivity contribution in [1.82, 2.24) is 20.5 Å². The third-order valence-corrected chi connectivity index (χ3v) is 6.13. The summed E-state index contributed by atoms with van der Waals surface area (Å²) in [4.78, 5) is 31.0. The number of nitrogens with zero attached hydrogens (tertiary/aromatic N) is 2. The highest BCUT2D eigenvalue weighted by molar-refractivity contribution is 7.98. The van der Waals surface area contributed by atoms with Gasteiger partial charge in [0.1, 0.15) is 5.03 Å². The number of urea groups is 1. The number of benzene rings is 1. The molecule has 1 aromatic heterocycles. The molecule has 1 aliphatic rings. The summed E-state index contributed by atoms with van der Waals surface area (Å²) < 4.78 is 0. The third-order valence-electron chi connectivity index (χ3n) is 5.42. The number of hydrogen-bond acceptors (Lipinski definition) is 4. The molecular weight excluding hydrogens is 396 g/mol. The lowest BCUT2D eigenvalue weighted by molar-refractivity contribution is 0.0686. The first-order chi connectivity index (χ1) is 14.7. The van der Waals surface area contributed by atoms with Crippen LogP contribution in [0.1, 0.15) is 35.2 Å². The van der Waals surface area contributed by atoms with Crippen LogP contribution in [-0.4, -0.2) is 54.3 Å². The number of amides is 3. The molecular formula is C23H30N4O2S. The number of aryl methyl sites for hydroxylation is 1. The van der Waals surface area contributed by atoms with Crippen LogP contribution < -0.4 is 10.6 Å². The number of aromatic nitrogens is 1. The summed E-state index contributed by atoms with van der Waals surface area (Å²) in [5.74, 6) is 0.452. The highest BCUT2D eigenvalue weighted by Gasteiger charge is 2.25. The monoisotopic (exact) mass is 426 g/mol. The molecule has 0 unspecified atom stereocenters. The Hall–Kier alpha value is -2.54. The van der Waals surface area contributed by atoms with E-state index in [1.807, 2.05) is 41.5 Å². The van der Waals surface area contributed by atoms with Crippen LogP contribution in [0.5, 0.6) is 0 Å². The Morgan fingerprint density at radius 3 is 2.60 bits per heavy atom. The second-order valence-corrected chi connectivity index (χ2v) is 8.32. The van der Waals surface area contributed by atoms with E-state index in [1.54, 1.807) is 6.20 Å². The predicted molar refractivity (Wildman–Crippen MR) is 121 cm³/mol. The minimum Gasteiger partial charge on any atom is -0.339 e. The molecule has 1 aliphatic heterocycles. The number of piperidine rings is 1. The van der Waals surface area contributed by atoms with E-state index in [9.17, 15) is 9.59 Å². The molecule has 2 N–H and O–H groups in total. The van der Waals surface area contributed by atoms with Crippen LogP contribution in [0.15, 0.2) is 53.7 Å². The van der Waals surface area contributed by atoms with Gasteiger partial charge in [0.25, 0.3) is 5.91 Å². The van der Waals surface area contributed by atoms with E-state index >= 15 is 0 Å². The molecule has 0 radical (unpaired) electrons. The quantitative estimate of drug-likeness (QED) is 0.500. The Balaban J connectivity index is 1.32. The Morgan fingerprint density at radius 1 is 1.10 bits per heavy atom. The lowest BCUT2D eigenvalue weighted by Crippen LogP contribution is -2.43. The molecule has 0 saturated carbocycles. The zero-order valence-corrected chi connectivity index (χ0v) is 18.3. The molecule has 1 saturated heterocycles.